The van der Waals surface area contributed by atoms with E-state index in [0.29, 0.717) is 28.7 Å². The third-order valence-corrected chi connectivity index (χ3v) is 11.8. The second-order valence-electron chi connectivity index (χ2n) is 13.1. The molecule has 240 valence electrons. The van der Waals surface area contributed by atoms with Crippen LogP contribution in [0, 0.1) is 23.7 Å². The zero-order chi connectivity index (χ0) is 33.2. The summed E-state index contributed by atoms with van der Waals surface area (Å²) in [4.78, 5) is 60.5. The quantitative estimate of drug-likeness (QED) is 0.188. The minimum absolute atomic E-state index is 0.0466. The summed E-state index contributed by atoms with van der Waals surface area (Å²) in [7, 11) is 1.47. The highest BCUT2D eigenvalue weighted by atomic mass is 32.1. The Labute approximate surface area is 282 Å². The Balaban J connectivity index is 1.35. The van der Waals surface area contributed by atoms with Gasteiger partial charge in [0, 0.05) is 22.3 Å². The van der Waals surface area contributed by atoms with Crippen molar-refractivity contribution in [2.75, 3.05) is 7.11 Å². The summed E-state index contributed by atoms with van der Waals surface area (Å²) in [5.41, 5.74) is 1.96. The van der Waals surface area contributed by atoms with Gasteiger partial charge in [-0.15, -0.1) is 11.3 Å². The number of phenols is 1. The number of ketones is 2. The molecule has 4 aliphatic rings. The number of allylic oxidation sites excluding steroid dienone is 4. The van der Waals surface area contributed by atoms with E-state index in [1.165, 1.54) is 29.4 Å². The lowest BCUT2D eigenvalue weighted by Crippen LogP contribution is -2.58. The number of rotatable bonds is 6. The molecule has 1 saturated heterocycles. The van der Waals surface area contributed by atoms with Crippen molar-refractivity contribution in [3.8, 4) is 11.5 Å². The van der Waals surface area contributed by atoms with Crippen molar-refractivity contribution in [3.05, 3.63) is 136 Å². The lowest BCUT2D eigenvalue weighted by Gasteiger charge is -2.55. The van der Waals surface area contributed by atoms with Crippen molar-refractivity contribution in [1.29, 1.82) is 0 Å². The fraction of sp³-hybridized carbons (Fsp3) is 0.250. The van der Waals surface area contributed by atoms with Crippen LogP contribution in [0.4, 0.5) is 0 Å². The molecule has 0 radical (unpaired) electrons. The summed E-state index contributed by atoms with van der Waals surface area (Å²) in [6.07, 6.45) is 4.15. The number of methoxy groups -OCH3 is 1. The molecular formula is C40H33NO6S. The predicted octanol–water partition coefficient (Wildman–Crippen LogP) is 6.49. The first-order valence-electron chi connectivity index (χ1n) is 16.2. The molecule has 3 aromatic carbocycles. The SMILES string of the molecule is COc1cc([C@H]2C3=CC[C@@H]4C(=O)N(Cc5cccs5)C(=O)[C@@H]4[C@@H]3C[C@H]3C(=O)C(c4ccccc4)=CC(=O)[C@@]23c2ccccc2)ccc1O. The number of hydrogen-bond acceptors (Lipinski definition) is 7. The van der Waals surface area contributed by atoms with Crippen LogP contribution >= 0.6 is 11.3 Å². The van der Waals surface area contributed by atoms with Crippen LogP contribution in [0.2, 0.25) is 0 Å². The Morgan fingerprint density at radius 2 is 1.65 bits per heavy atom. The number of carbonyl (C=O) groups excluding carboxylic acids is 4. The van der Waals surface area contributed by atoms with Crippen LogP contribution in [-0.4, -0.2) is 40.5 Å². The van der Waals surface area contributed by atoms with Gasteiger partial charge >= 0.3 is 0 Å². The summed E-state index contributed by atoms with van der Waals surface area (Å²) in [5, 5.41) is 12.5. The van der Waals surface area contributed by atoms with E-state index in [0.717, 1.165) is 10.5 Å². The molecule has 0 bridgehead atoms. The molecule has 7 nitrogen and oxygen atoms in total. The lowest BCUT2D eigenvalue weighted by atomic mass is 9.44. The van der Waals surface area contributed by atoms with Gasteiger partial charge in [0.05, 0.1) is 30.9 Å². The fourth-order valence-electron chi connectivity index (χ4n) is 8.90. The van der Waals surface area contributed by atoms with Crippen LogP contribution in [-0.2, 0) is 31.1 Å². The molecule has 3 aliphatic carbocycles. The largest absolute Gasteiger partial charge is 0.504 e. The van der Waals surface area contributed by atoms with Crippen molar-refractivity contribution in [2.24, 2.45) is 23.7 Å². The number of nitrogens with zero attached hydrogens (tertiary/aromatic N) is 1. The summed E-state index contributed by atoms with van der Waals surface area (Å²) < 4.78 is 5.54. The molecule has 1 aromatic heterocycles. The van der Waals surface area contributed by atoms with Crippen LogP contribution in [0.1, 0.15) is 40.3 Å². The normalized spacial score (nSPS) is 27.9. The fourth-order valence-corrected chi connectivity index (χ4v) is 9.60. The minimum atomic E-state index is -1.34. The highest BCUT2D eigenvalue weighted by molar-refractivity contribution is 7.09. The number of amides is 2. The van der Waals surface area contributed by atoms with Crippen LogP contribution in [0.5, 0.6) is 11.5 Å². The molecule has 48 heavy (non-hydrogen) atoms. The van der Waals surface area contributed by atoms with E-state index in [-0.39, 0.29) is 47.8 Å². The van der Waals surface area contributed by atoms with Gasteiger partial charge in [-0.2, -0.15) is 0 Å². The Morgan fingerprint density at radius 3 is 2.35 bits per heavy atom. The number of phenolic OH excluding ortho intramolecular Hbond substituents is 1. The van der Waals surface area contributed by atoms with Crippen LogP contribution < -0.4 is 4.74 Å². The maximum Gasteiger partial charge on any atom is 0.234 e. The van der Waals surface area contributed by atoms with Gasteiger partial charge in [-0.1, -0.05) is 84.4 Å². The number of Topliss-reactive ketones (excluding diaryl/α,β-unsaturated/α-hetero) is 1. The maximum atomic E-state index is 15.1. The number of likely N-dealkylation sites (tertiary alicyclic amines) is 1. The van der Waals surface area contributed by atoms with Gasteiger partial charge in [0.1, 0.15) is 0 Å². The molecule has 8 heteroatoms. The topological polar surface area (TPSA) is 101 Å². The van der Waals surface area contributed by atoms with E-state index in [9.17, 15) is 19.5 Å². The highest BCUT2D eigenvalue weighted by Gasteiger charge is 2.65. The average molecular weight is 656 g/mol. The Bertz CT molecular complexity index is 2020. The van der Waals surface area contributed by atoms with E-state index < -0.39 is 35.0 Å². The third-order valence-electron chi connectivity index (χ3n) is 10.9. The van der Waals surface area contributed by atoms with Crippen molar-refractivity contribution in [2.45, 2.75) is 30.7 Å². The number of hydrogen-bond donors (Lipinski definition) is 1. The van der Waals surface area contributed by atoms with Crippen LogP contribution in [0.15, 0.2) is 114 Å². The first-order chi connectivity index (χ1) is 23.3. The van der Waals surface area contributed by atoms with E-state index in [4.69, 9.17) is 4.74 Å². The van der Waals surface area contributed by atoms with Gasteiger partial charge in [0.25, 0.3) is 0 Å². The van der Waals surface area contributed by atoms with E-state index in [1.807, 2.05) is 84.3 Å². The highest BCUT2D eigenvalue weighted by Crippen LogP contribution is 2.64. The number of aromatic hydroxyl groups is 1. The van der Waals surface area contributed by atoms with Crippen LogP contribution in [0.3, 0.4) is 0 Å². The van der Waals surface area contributed by atoms with E-state index >= 15 is 4.79 Å². The zero-order valence-corrected chi connectivity index (χ0v) is 27.1. The number of benzene rings is 3. The van der Waals surface area contributed by atoms with Gasteiger partial charge in [0.2, 0.25) is 11.8 Å². The monoisotopic (exact) mass is 655 g/mol. The standard InChI is InChI=1S/C40H33NO6S/c1-47-33-19-24(14-17-32(33)42)36-27-15-16-28-35(39(46)41(38(28)45)22-26-13-8-18-48-26)30(27)20-31-37(44)29(23-9-4-2-5-10-23)21-34(43)40(31,36)25-11-6-3-7-12-25/h2-15,17-19,21,28,30-31,35-36,42H,16,20,22H2,1H3/t28-,30+,31-,35-,36-,40-/m0/s1. The van der Waals surface area contributed by atoms with Crippen molar-refractivity contribution in [1.82, 2.24) is 4.90 Å². The smallest absolute Gasteiger partial charge is 0.234 e. The van der Waals surface area contributed by atoms with Crippen molar-refractivity contribution in [3.63, 3.8) is 0 Å². The maximum absolute atomic E-state index is 15.1. The van der Waals surface area contributed by atoms with E-state index in [2.05, 4.69) is 0 Å². The molecule has 2 heterocycles. The molecule has 2 amide bonds. The minimum Gasteiger partial charge on any atom is -0.504 e. The van der Waals surface area contributed by atoms with Gasteiger partial charge in [-0.3, -0.25) is 24.1 Å². The molecule has 2 fully saturated rings. The molecule has 8 rings (SSSR count). The Morgan fingerprint density at radius 1 is 0.896 bits per heavy atom. The van der Waals surface area contributed by atoms with E-state index in [1.54, 1.807) is 18.2 Å². The average Bonchev–Trinajstić information content (AvgIpc) is 3.72. The van der Waals surface area contributed by atoms with Gasteiger partial charge in [-0.25, -0.2) is 0 Å². The number of thiophene rings is 1. The van der Waals surface area contributed by atoms with Crippen LogP contribution in [0.25, 0.3) is 5.57 Å². The van der Waals surface area contributed by atoms with Gasteiger partial charge in [-0.05, 0) is 65.1 Å². The summed E-state index contributed by atoms with van der Waals surface area (Å²) >= 11 is 1.50. The first-order valence-corrected chi connectivity index (χ1v) is 17.1. The van der Waals surface area contributed by atoms with Gasteiger partial charge in [0.15, 0.2) is 23.1 Å². The number of carbonyl (C=O) groups is 4. The number of ether oxygens (including phenoxy) is 1. The summed E-state index contributed by atoms with van der Waals surface area (Å²) in [6.45, 7) is 0.221. The molecule has 4 aromatic rings. The second-order valence-corrected chi connectivity index (χ2v) is 14.1. The molecule has 1 aliphatic heterocycles. The number of fused-ring (bicyclic) bond motifs is 4. The predicted molar refractivity (Wildman–Crippen MR) is 181 cm³/mol. The molecule has 6 atom stereocenters. The lowest BCUT2D eigenvalue weighted by molar-refractivity contribution is -0.141. The van der Waals surface area contributed by atoms with Crippen molar-refractivity contribution < 1.29 is 29.0 Å². The number of imide groups is 1. The second kappa shape index (κ2) is 11.6. The molecular weight excluding hydrogens is 623 g/mol. The summed E-state index contributed by atoms with van der Waals surface area (Å²) in [5.74, 6) is -3.70. The van der Waals surface area contributed by atoms with Gasteiger partial charge < -0.3 is 9.84 Å². The zero-order valence-electron chi connectivity index (χ0n) is 26.2. The molecule has 0 unspecified atom stereocenters. The first kappa shape index (κ1) is 30.3. The van der Waals surface area contributed by atoms with Crippen molar-refractivity contribution >= 4 is 40.3 Å². The molecule has 0 spiro atoms. The third kappa shape index (κ3) is 4.39. The Kier molecular flexibility index (Phi) is 7.29. The molecule has 1 saturated carbocycles. The Hall–Kier alpha value is -5.08. The molecule has 1 N–H and O–H groups in total. The summed E-state index contributed by atoms with van der Waals surface area (Å²) in [6, 6.07) is 27.6.